The van der Waals surface area contributed by atoms with E-state index >= 15 is 0 Å². The van der Waals surface area contributed by atoms with E-state index in [-0.39, 0.29) is 30.4 Å². The summed E-state index contributed by atoms with van der Waals surface area (Å²) >= 11 is 0. The number of anilines is 1. The van der Waals surface area contributed by atoms with Crippen LogP contribution in [0.2, 0.25) is 0 Å². The summed E-state index contributed by atoms with van der Waals surface area (Å²) in [5.41, 5.74) is 6.71. The lowest BCUT2D eigenvalue weighted by atomic mass is 9.76. The minimum Gasteiger partial charge on any atom is -0.378 e. The number of fused-ring (bicyclic) bond motifs is 3. The fourth-order valence-corrected chi connectivity index (χ4v) is 6.08. The first-order valence-corrected chi connectivity index (χ1v) is 13.4. The van der Waals surface area contributed by atoms with Crippen molar-refractivity contribution in [2.24, 2.45) is 17.6 Å². The van der Waals surface area contributed by atoms with E-state index in [0.717, 1.165) is 17.7 Å². The highest BCUT2D eigenvalue weighted by atomic mass is 19.4. The molecular weight excluding hydrogens is 511 g/mol. The van der Waals surface area contributed by atoms with Crippen molar-refractivity contribution in [2.45, 2.75) is 63.0 Å². The molecule has 39 heavy (non-hydrogen) atoms. The van der Waals surface area contributed by atoms with Gasteiger partial charge in [0.1, 0.15) is 0 Å². The lowest BCUT2D eigenvalue weighted by Crippen LogP contribution is -2.44. The van der Waals surface area contributed by atoms with E-state index in [0.29, 0.717) is 56.4 Å². The third-order valence-corrected chi connectivity index (χ3v) is 8.25. The number of likely N-dealkylation sites (tertiary alicyclic amines) is 1. The molecule has 2 aromatic rings. The van der Waals surface area contributed by atoms with Gasteiger partial charge in [0, 0.05) is 42.6 Å². The van der Waals surface area contributed by atoms with E-state index in [1.807, 2.05) is 30.3 Å². The molecule has 0 radical (unpaired) electrons. The number of nitrogens with one attached hydrogen (secondary N) is 1. The van der Waals surface area contributed by atoms with Crippen LogP contribution >= 0.6 is 0 Å². The molecule has 0 aliphatic carbocycles. The topological polar surface area (TPSA) is 102 Å². The Morgan fingerprint density at radius 3 is 2.38 bits per heavy atom. The number of carbonyl (C=O) groups excluding carboxylic acids is 3. The molecule has 208 valence electrons. The minimum atomic E-state index is -4.48. The van der Waals surface area contributed by atoms with Gasteiger partial charge in [0.05, 0.1) is 23.8 Å². The molecule has 2 saturated heterocycles. The Morgan fingerprint density at radius 2 is 1.72 bits per heavy atom. The molecule has 0 saturated carbocycles. The Morgan fingerprint density at radius 1 is 1.00 bits per heavy atom. The van der Waals surface area contributed by atoms with Crippen LogP contribution in [0.25, 0.3) is 0 Å². The highest BCUT2D eigenvalue weighted by molar-refractivity contribution is 6.36. The predicted molar refractivity (Wildman–Crippen MR) is 137 cm³/mol. The first kappa shape index (κ1) is 27.2. The normalized spacial score (nSPS) is 25.3. The van der Waals surface area contributed by atoms with Gasteiger partial charge in [-0.15, -0.1) is 0 Å². The summed E-state index contributed by atoms with van der Waals surface area (Å²) in [6.07, 6.45) is -2.90. The smallest absolute Gasteiger partial charge is 0.378 e. The molecule has 2 fully saturated rings. The van der Waals surface area contributed by atoms with E-state index in [9.17, 15) is 27.6 Å². The van der Waals surface area contributed by atoms with Gasteiger partial charge < -0.3 is 20.7 Å². The molecular formula is C29H32F3N3O4. The monoisotopic (exact) mass is 543 g/mol. The van der Waals surface area contributed by atoms with Crippen LogP contribution in [0, 0.1) is 11.8 Å². The zero-order valence-corrected chi connectivity index (χ0v) is 21.5. The first-order chi connectivity index (χ1) is 18.6. The molecule has 3 heterocycles. The number of nitrogens with zero attached hydrogens (tertiary/aromatic N) is 1. The number of rotatable bonds is 6. The number of hydrogen-bond donors (Lipinski definition) is 2. The number of piperidine rings is 1. The van der Waals surface area contributed by atoms with Crippen molar-refractivity contribution >= 4 is 23.3 Å². The summed E-state index contributed by atoms with van der Waals surface area (Å²) in [5.74, 6) is -1.86. The van der Waals surface area contributed by atoms with Crippen LogP contribution in [0.4, 0.5) is 18.9 Å². The summed E-state index contributed by atoms with van der Waals surface area (Å²) in [6.45, 7) is 0.627. The predicted octanol–water partition coefficient (Wildman–Crippen LogP) is 4.78. The van der Waals surface area contributed by atoms with E-state index in [1.54, 1.807) is 0 Å². The number of Topliss-reactive ketones (excluding diaryl/α,β-unsaturated/α-hetero) is 1. The lowest BCUT2D eigenvalue weighted by Gasteiger charge is -2.46. The third-order valence-electron chi connectivity index (χ3n) is 8.25. The molecule has 7 nitrogen and oxygen atoms in total. The Bertz CT molecular complexity index is 1230. The number of hydrogen-bond acceptors (Lipinski definition) is 5. The molecule has 3 aliphatic rings. The number of benzene rings is 2. The van der Waals surface area contributed by atoms with Crippen molar-refractivity contribution in [3.05, 3.63) is 65.2 Å². The summed E-state index contributed by atoms with van der Waals surface area (Å²) in [6, 6.07) is 13.3. The third kappa shape index (κ3) is 5.80. The molecule has 0 aromatic heterocycles. The van der Waals surface area contributed by atoms with Crippen LogP contribution < -0.4 is 11.1 Å². The maximum absolute atomic E-state index is 13.5. The Hall–Kier alpha value is -3.40. The second-order valence-corrected chi connectivity index (χ2v) is 10.7. The number of ether oxygens (including phenoxy) is 1. The van der Waals surface area contributed by atoms with E-state index in [2.05, 4.69) is 5.32 Å². The van der Waals surface area contributed by atoms with Crippen molar-refractivity contribution < 1.29 is 32.3 Å². The molecule has 4 atom stereocenters. The number of amides is 2. The van der Waals surface area contributed by atoms with Crippen molar-refractivity contribution in [2.75, 3.05) is 18.4 Å². The summed E-state index contributed by atoms with van der Waals surface area (Å²) in [4.78, 5) is 38.2. The fourth-order valence-electron chi connectivity index (χ4n) is 6.08. The zero-order valence-electron chi connectivity index (χ0n) is 21.5. The average Bonchev–Trinajstić information content (AvgIpc) is 2.94. The average molecular weight is 544 g/mol. The second kappa shape index (κ2) is 11.0. The van der Waals surface area contributed by atoms with Crippen LogP contribution in [-0.4, -0.2) is 41.7 Å². The van der Waals surface area contributed by atoms with Gasteiger partial charge in [0.25, 0.3) is 5.91 Å². The van der Waals surface area contributed by atoms with Crippen LogP contribution in [-0.2, 0) is 25.3 Å². The number of halogens is 3. The quantitative estimate of drug-likeness (QED) is 0.511. The van der Waals surface area contributed by atoms with E-state index in [1.165, 1.54) is 11.0 Å². The molecule has 10 heteroatoms. The largest absolute Gasteiger partial charge is 0.416 e. The fraction of sp³-hybridized carbons (Fsp3) is 0.483. The molecule has 2 aromatic carbocycles. The lowest BCUT2D eigenvalue weighted by molar-refractivity contribution is -0.147. The number of primary amides is 1. The number of nitrogens with two attached hydrogens (primary N) is 1. The highest BCUT2D eigenvalue weighted by Crippen LogP contribution is 2.51. The molecule has 3 aliphatic heterocycles. The van der Waals surface area contributed by atoms with Gasteiger partial charge in [0.2, 0.25) is 11.7 Å². The maximum Gasteiger partial charge on any atom is 0.416 e. The van der Waals surface area contributed by atoms with Gasteiger partial charge in [0.15, 0.2) is 0 Å². The Balaban J connectivity index is 1.28. The zero-order chi connectivity index (χ0) is 27.7. The van der Waals surface area contributed by atoms with Crippen molar-refractivity contribution in [1.82, 2.24) is 4.90 Å². The van der Waals surface area contributed by atoms with Crippen LogP contribution in [0.3, 0.4) is 0 Å². The van der Waals surface area contributed by atoms with Gasteiger partial charge in [-0.25, -0.2) is 0 Å². The highest BCUT2D eigenvalue weighted by Gasteiger charge is 2.43. The summed E-state index contributed by atoms with van der Waals surface area (Å²) in [7, 11) is 0. The Kier molecular flexibility index (Phi) is 7.66. The first-order valence-electron chi connectivity index (χ1n) is 13.4. The molecule has 5 rings (SSSR count). The molecule has 3 N–H and O–H groups in total. The SMILES string of the molecule is NC(=O)C1CCN(C(=O)C(=O)CC[C@H]2CC[C@@H]3[C@H](O2)c2cc(C(F)(F)F)ccc2N[C@H]3c2ccccc2)CC1. The minimum absolute atomic E-state index is 0.00749. The van der Waals surface area contributed by atoms with Crippen molar-refractivity contribution in [3.63, 3.8) is 0 Å². The van der Waals surface area contributed by atoms with Crippen LogP contribution in [0.1, 0.15) is 67.4 Å². The summed E-state index contributed by atoms with van der Waals surface area (Å²) in [5, 5.41) is 3.44. The van der Waals surface area contributed by atoms with E-state index < -0.39 is 35.4 Å². The van der Waals surface area contributed by atoms with Crippen molar-refractivity contribution in [1.29, 1.82) is 0 Å². The Labute approximate surface area is 224 Å². The maximum atomic E-state index is 13.5. The number of ketones is 1. The second-order valence-electron chi connectivity index (χ2n) is 10.7. The van der Waals surface area contributed by atoms with Crippen LogP contribution in [0.5, 0.6) is 0 Å². The van der Waals surface area contributed by atoms with Gasteiger partial charge in [-0.2, -0.15) is 13.2 Å². The van der Waals surface area contributed by atoms with E-state index in [4.69, 9.17) is 10.5 Å². The van der Waals surface area contributed by atoms with Crippen molar-refractivity contribution in [3.8, 4) is 0 Å². The number of alkyl halides is 3. The van der Waals surface area contributed by atoms with Gasteiger partial charge in [-0.1, -0.05) is 30.3 Å². The molecule has 0 unspecified atom stereocenters. The molecule has 0 spiro atoms. The van der Waals surface area contributed by atoms with Gasteiger partial charge in [-0.05, 0) is 55.9 Å². The van der Waals surface area contributed by atoms with Crippen LogP contribution in [0.15, 0.2) is 48.5 Å². The van der Waals surface area contributed by atoms with Gasteiger partial charge in [-0.3, -0.25) is 14.4 Å². The standard InChI is InChI=1S/C29H32F3N3O4/c30-29(31,32)19-6-10-23-22(16-19)26-21(25(34-23)17-4-2-1-3-5-17)9-7-20(39-26)8-11-24(36)28(38)35-14-12-18(13-15-35)27(33)37/h1-6,10,16,18,20-21,25-26,34H,7-9,11-15H2,(H2,33,37)/t20-,21+,25+,26+/m1/s1. The number of carbonyl (C=O) groups is 3. The molecule has 0 bridgehead atoms. The summed E-state index contributed by atoms with van der Waals surface area (Å²) < 4.78 is 47.0. The molecule has 2 amide bonds. The van der Waals surface area contributed by atoms with Gasteiger partial charge >= 0.3 is 6.18 Å².